The molecule has 1 N–H and O–H groups in total. The van der Waals surface area contributed by atoms with Crippen LogP contribution in [0.5, 0.6) is 0 Å². The van der Waals surface area contributed by atoms with Crippen LogP contribution in [0.1, 0.15) is 11.1 Å². The maximum atomic E-state index is 9.60. The minimum absolute atomic E-state index is 0.228. The van der Waals surface area contributed by atoms with Crippen molar-refractivity contribution in [1.82, 2.24) is 19.9 Å². The van der Waals surface area contributed by atoms with Crippen LogP contribution in [0, 0.1) is 22.7 Å². The van der Waals surface area contributed by atoms with E-state index in [1.54, 1.807) is 12.1 Å². The van der Waals surface area contributed by atoms with Gasteiger partial charge in [-0.1, -0.05) is 42.5 Å². The molecule has 0 aliphatic heterocycles. The number of nitrogens with one attached hydrogen (secondary N) is 1. The summed E-state index contributed by atoms with van der Waals surface area (Å²) in [5.74, 6) is 0.599. The Labute approximate surface area is 165 Å². The minimum atomic E-state index is 0.228. The predicted molar refractivity (Wildman–Crippen MR) is 109 cm³/mol. The van der Waals surface area contributed by atoms with Crippen LogP contribution in [0.25, 0.3) is 44.8 Å². The summed E-state index contributed by atoms with van der Waals surface area (Å²) in [6, 6.07) is 24.8. The highest BCUT2D eigenvalue weighted by molar-refractivity contribution is 5.90. The largest absolute Gasteiger partial charge is 0.337 e. The lowest BCUT2D eigenvalue weighted by atomic mass is 10.0. The van der Waals surface area contributed by atoms with E-state index in [1.807, 2.05) is 54.6 Å². The molecular weight excluding hydrogens is 360 g/mol. The minimum Gasteiger partial charge on any atom is -0.337 e. The molecular formula is C23H12N6. The van der Waals surface area contributed by atoms with Crippen molar-refractivity contribution in [3.8, 4) is 34.9 Å². The van der Waals surface area contributed by atoms with Gasteiger partial charge in [0.15, 0.2) is 5.82 Å². The summed E-state index contributed by atoms with van der Waals surface area (Å²) in [5.41, 5.74) is 5.24. The van der Waals surface area contributed by atoms with Crippen molar-refractivity contribution in [1.29, 1.82) is 10.5 Å². The molecule has 0 unspecified atom stereocenters. The van der Waals surface area contributed by atoms with Gasteiger partial charge in [-0.25, -0.2) is 15.0 Å². The molecule has 0 saturated heterocycles. The van der Waals surface area contributed by atoms with Gasteiger partial charge in [-0.05, 0) is 24.3 Å². The molecule has 5 rings (SSSR count). The number of nitriles is 2. The smallest absolute Gasteiger partial charge is 0.159 e. The van der Waals surface area contributed by atoms with E-state index in [0.717, 1.165) is 16.6 Å². The van der Waals surface area contributed by atoms with Gasteiger partial charge in [-0.15, -0.1) is 0 Å². The summed E-state index contributed by atoms with van der Waals surface area (Å²) in [6.45, 7) is 0. The summed E-state index contributed by atoms with van der Waals surface area (Å²) < 4.78 is 0. The van der Waals surface area contributed by atoms with Crippen molar-refractivity contribution in [2.45, 2.75) is 0 Å². The Balaban J connectivity index is 1.87. The third kappa shape index (κ3) is 2.68. The van der Waals surface area contributed by atoms with Crippen LogP contribution in [-0.4, -0.2) is 19.9 Å². The van der Waals surface area contributed by atoms with Gasteiger partial charge in [-0.2, -0.15) is 10.5 Å². The number of hydrogen-bond acceptors (Lipinski definition) is 5. The topological polar surface area (TPSA) is 102 Å². The lowest BCUT2D eigenvalue weighted by Crippen LogP contribution is -1.99. The zero-order valence-corrected chi connectivity index (χ0v) is 15.1. The van der Waals surface area contributed by atoms with E-state index >= 15 is 0 Å². The summed E-state index contributed by atoms with van der Waals surface area (Å²) in [6.07, 6.45) is 0. The van der Waals surface area contributed by atoms with E-state index in [9.17, 15) is 10.5 Å². The third-order valence-corrected chi connectivity index (χ3v) is 4.73. The molecule has 0 fully saturated rings. The fraction of sp³-hybridized carbons (Fsp3) is 0. The molecule has 29 heavy (non-hydrogen) atoms. The zero-order valence-electron chi connectivity index (χ0n) is 15.1. The summed E-state index contributed by atoms with van der Waals surface area (Å²) in [5, 5.41) is 18.9. The molecule has 134 valence electrons. The third-order valence-electron chi connectivity index (χ3n) is 4.73. The number of rotatable bonds is 2. The van der Waals surface area contributed by atoms with Crippen LogP contribution < -0.4 is 0 Å². The van der Waals surface area contributed by atoms with E-state index in [1.165, 1.54) is 0 Å². The van der Waals surface area contributed by atoms with E-state index < -0.39 is 0 Å². The second-order valence-corrected chi connectivity index (χ2v) is 6.47. The Kier molecular flexibility index (Phi) is 3.76. The standard InChI is InChI=1S/C23H12N6/c24-12-15-10-11-19-21(16(15)13-25)29-20(14-6-2-1-3-7-14)22(26-19)23-27-17-8-4-5-9-18(17)28-23/h1-11H,(H,27,28). The predicted octanol–water partition coefficient (Wildman–Crippen LogP) is 4.58. The first-order valence-electron chi connectivity index (χ1n) is 8.94. The molecule has 6 heteroatoms. The number of aromatic nitrogens is 4. The molecule has 0 radical (unpaired) electrons. The number of hydrogen-bond donors (Lipinski definition) is 1. The molecule has 0 bridgehead atoms. The Morgan fingerprint density at radius 3 is 2.24 bits per heavy atom. The van der Waals surface area contributed by atoms with Gasteiger partial charge in [0.1, 0.15) is 29.0 Å². The molecule has 0 amide bonds. The van der Waals surface area contributed by atoms with Crippen LogP contribution in [-0.2, 0) is 0 Å². The highest BCUT2D eigenvalue weighted by Gasteiger charge is 2.19. The van der Waals surface area contributed by atoms with Gasteiger partial charge in [-0.3, -0.25) is 0 Å². The highest BCUT2D eigenvalue weighted by Crippen LogP contribution is 2.32. The van der Waals surface area contributed by atoms with Crippen LogP contribution in [0.15, 0.2) is 66.7 Å². The lowest BCUT2D eigenvalue weighted by molar-refractivity contribution is 1.22. The second-order valence-electron chi connectivity index (χ2n) is 6.47. The number of benzene rings is 3. The molecule has 5 aromatic rings. The summed E-state index contributed by atoms with van der Waals surface area (Å²) >= 11 is 0. The zero-order chi connectivity index (χ0) is 19.8. The van der Waals surface area contributed by atoms with E-state index in [-0.39, 0.29) is 11.1 Å². The quantitative estimate of drug-likeness (QED) is 0.488. The van der Waals surface area contributed by atoms with Crippen molar-refractivity contribution in [2.75, 3.05) is 0 Å². The van der Waals surface area contributed by atoms with Gasteiger partial charge in [0.2, 0.25) is 0 Å². The van der Waals surface area contributed by atoms with Crippen LogP contribution in [0.2, 0.25) is 0 Å². The normalized spacial score (nSPS) is 10.7. The average Bonchev–Trinajstić information content (AvgIpc) is 3.22. The molecule has 6 nitrogen and oxygen atoms in total. The average molecular weight is 372 g/mol. The molecule has 0 saturated carbocycles. The highest BCUT2D eigenvalue weighted by atomic mass is 15.0. The van der Waals surface area contributed by atoms with E-state index in [2.05, 4.69) is 22.1 Å². The fourth-order valence-corrected chi connectivity index (χ4v) is 3.36. The van der Waals surface area contributed by atoms with Crippen LogP contribution in [0.4, 0.5) is 0 Å². The molecule has 2 heterocycles. The van der Waals surface area contributed by atoms with Gasteiger partial charge in [0.05, 0.1) is 27.7 Å². The second kappa shape index (κ2) is 6.56. The molecule has 0 spiro atoms. The Bertz CT molecular complexity index is 1440. The number of nitrogens with zero attached hydrogens (tertiary/aromatic N) is 5. The Morgan fingerprint density at radius 2 is 1.48 bits per heavy atom. The van der Waals surface area contributed by atoms with Gasteiger partial charge in [0, 0.05) is 5.56 Å². The van der Waals surface area contributed by atoms with E-state index in [4.69, 9.17) is 9.97 Å². The molecule has 2 aromatic heterocycles. The SMILES string of the molecule is N#Cc1ccc2nc(-c3nc4ccccc4[nH]3)c(-c3ccccc3)nc2c1C#N. The number of imidazole rings is 1. The number of H-pyrrole nitrogens is 1. The maximum absolute atomic E-state index is 9.60. The Morgan fingerprint density at radius 1 is 0.690 bits per heavy atom. The summed E-state index contributed by atoms with van der Waals surface area (Å²) in [4.78, 5) is 17.5. The number of aromatic amines is 1. The lowest BCUT2D eigenvalue weighted by Gasteiger charge is -2.10. The Hall–Kier alpha value is -4.55. The molecule has 3 aromatic carbocycles. The van der Waals surface area contributed by atoms with Crippen LogP contribution >= 0.6 is 0 Å². The maximum Gasteiger partial charge on any atom is 0.159 e. The van der Waals surface area contributed by atoms with Crippen molar-refractivity contribution in [3.05, 3.63) is 77.9 Å². The molecule has 0 aliphatic rings. The van der Waals surface area contributed by atoms with Crippen molar-refractivity contribution >= 4 is 22.1 Å². The molecule has 0 atom stereocenters. The van der Waals surface area contributed by atoms with Gasteiger partial charge in [0.25, 0.3) is 0 Å². The monoisotopic (exact) mass is 372 g/mol. The first-order chi connectivity index (χ1) is 14.3. The fourth-order valence-electron chi connectivity index (χ4n) is 3.36. The first kappa shape index (κ1) is 16.6. The first-order valence-corrected chi connectivity index (χ1v) is 8.94. The van der Waals surface area contributed by atoms with Crippen molar-refractivity contribution in [2.24, 2.45) is 0 Å². The molecule has 0 aliphatic carbocycles. The summed E-state index contributed by atoms with van der Waals surface area (Å²) in [7, 11) is 0. The van der Waals surface area contributed by atoms with Crippen molar-refractivity contribution in [3.63, 3.8) is 0 Å². The van der Waals surface area contributed by atoms with Crippen molar-refractivity contribution < 1.29 is 0 Å². The van der Waals surface area contributed by atoms with E-state index in [0.29, 0.717) is 28.2 Å². The number of para-hydroxylation sites is 2. The number of fused-ring (bicyclic) bond motifs is 2. The van der Waals surface area contributed by atoms with Gasteiger partial charge < -0.3 is 4.98 Å². The van der Waals surface area contributed by atoms with Gasteiger partial charge >= 0.3 is 0 Å². The van der Waals surface area contributed by atoms with Crippen LogP contribution in [0.3, 0.4) is 0 Å².